The fourth-order valence-corrected chi connectivity index (χ4v) is 10.2. The topological polar surface area (TPSA) is 26.3 Å². The first kappa shape index (κ1) is 23.7. The van der Waals surface area contributed by atoms with Crippen molar-refractivity contribution < 1.29 is 9.53 Å². The van der Waals surface area contributed by atoms with Gasteiger partial charge in [-0.25, -0.2) is 0 Å². The Bertz CT molecular complexity index is 937. The number of allylic oxidation sites excluding steroid dienone is 4. The van der Waals surface area contributed by atoms with Crippen LogP contribution in [0.15, 0.2) is 23.5 Å². The van der Waals surface area contributed by atoms with Crippen LogP contribution in [0.2, 0.25) is 0 Å². The summed E-state index contributed by atoms with van der Waals surface area (Å²) in [6.07, 6.45) is 14.7. The van der Waals surface area contributed by atoms with Crippen LogP contribution in [0.3, 0.4) is 0 Å². The van der Waals surface area contributed by atoms with Crippen molar-refractivity contribution in [3.8, 4) is 0 Å². The van der Waals surface area contributed by atoms with Crippen LogP contribution in [0.5, 0.6) is 0 Å². The summed E-state index contributed by atoms with van der Waals surface area (Å²) in [5, 5.41) is 0. The standard InChI is InChI=1S/C31H48O2/c1-26(2)14-15-28(5)16-17-29(6)20(21(28)19-26)10-11-23-30(29,7)13-12-22-27(3,4)25(33-9)18-24(32)31(22,23)8/h10,18,21-23H,11-17,19H2,1-9H3/t21-,22+,23-,28-,29-,30-,31-/m1/s1. The van der Waals surface area contributed by atoms with E-state index in [0.29, 0.717) is 34.4 Å². The normalized spacial score (nSPS) is 50.1. The van der Waals surface area contributed by atoms with E-state index >= 15 is 0 Å². The van der Waals surface area contributed by atoms with Crippen molar-refractivity contribution >= 4 is 5.78 Å². The van der Waals surface area contributed by atoms with Gasteiger partial charge in [-0.2, -0.15) is 0 Å². The molecule has 5 aliphatic rings. The molecule has 5 aliphatic carbocycles. The molecule has 0 aromatic rings. The van der Waals surface area contributed by atoms with Crippen LogP contribution in [0.1, 0.15) is 107 Å². The molecule has 0 aromatic heterocycles. The highest BCUT2D eigenvalue weighted by Crippen LogP contribution is 2.75. The number of carbonyl (C=O) groups excluding carboxylic acids is 1. The van der Waals surface area contributed by atoms with Crippen LogP contribution >= 0.6 is 0 Å². The lowest BCUT2D eigenvalue weighted by Crippen LogP contribution is -2.65. The van der Waals surface area contributed by atoms with E-state index in [-0.39, 0.29) is 21.7 Å². The number of rotatable bonds is 1. The molecule has 3 saturated carbocycles. The first-order chi connectivity index (χ1) is 15.2. The average Bonchev–Trinajstić information content (AvgIpc) is 2.72. The van der Waals surface area contributed by atoms with Crippen molar-refractivity contribution in [2.75, 3.05) is 7.11 Å². The third kappa shape index (κ3) is 2.82. The Hall–Kier alpha value is -1.05. The smallest absolute Gasteiger partial charge is 0.165 e. The number of fused-ring (bicyclic) bond motifs is 7. The van der Waals surface area contributed by atoms with E-state index in [1.54, 1.807) is 12.7 Å². The summed E-state index contributed by atoms with van der Waals surface area (Å²) in [7, 11) is 1.73. The van der Waals surface area contributed by atoms with Crippen molar-refractivity contribution in [3.63, 3.8) is 0 Å². The summed E-state index contributed by atoms with van der Waals surface area (Å²) in [4.78, 5) is 13.9. The summed E-state index contributed by atoms with van der Waals surface area (Å²) < 4.78 is 5.76. The molecule has 184 valence electrons. The Morgan fingerprint density at radius 3 is 2.21 bits per heavy atom. The first-order valence-corrected chi connectivity index (χ1v) is 13.7. The lowest BCUT2D eigenvalue weighted by molar-refractivity contribution is -0.177. The molecule has 3 fully saturated rings. The van der Waals surface area contributed by atoms with E-state index in [1.807, 2.05) is 6.08 Å². The summed E-state index contributed by atoms with van der Waals surface area (Å²) in [5.74, 6) is 2.66. The number of ketones is 1. The molecule has 33 heavy (non-hydrogen) atoms. The molecule has 0 saturated heterocycles. The van der Waals surface area contributed by atoms with Gasteiger partial charge in [-0.3, -0.25) is 4.79 Å². The predicted molar refractivity (Wildman–Crippen MR) is 136 cm³/mol. The number of hydrogen-bond acceptors (Lipinski definition) is 2. The molecule has 0 spiro atoms. The fourth-order valence-electron chi connectivity index (χ4n) is 10.2. The van der Waals surface area contributed by atoms with Gasteiger partial charge in [-0.05, 0) is 90.8 Å². The average molecular weight is 453 g/mol. The second-order valence-corrected chi connectivity index (χ2v) is 14.9. The van der Waals surface area contributed by atoms with Crippen molar-refractivity contribution in [3.05, 3.63) is 23.5 Å². The second kappa shape index (κ2) is 6.79. The highest BCUT2D eigenvalue weighted by molar-refractivity contribution is 5.97. The van der Waals surface area contributed by atoms with E-state index in [0.717, 1.165) is 18.6 Å². The van der Waals surface area contributed by atoms with Gasteiger partial charge in [0, 0.05) is 16.9 Å². The lowest BCUT2D eigenvalue weighted by Gasteiger charge is -2.70. The molecule has 2 heteroatoms. The molecule has 0 radical (unpaired) electrons. The van der Waals surface area contributed by atoms with Crippen LogP contribution < -0.4 is 0 Å². The van der Waals surface area contributed by atoms with Crippen LogP contribution in [-0.2, 0) is 9.53 Å². The third-order valence-corrected chi connectivity index (χ3v) is 12.7. The van der Waals surface area contributed by atoms with Crippen LogP contribution in [0.4, 0.5) is 0 Å². The maximum Gasteiger partial charge on any atom is 0.165 e. The van der Waals surface area contributed by atoms with Crippen molar-refractivity contribution in [2.45, 2.75) is 107 Å². The molecule has 0 bridgehead atoms. The Morgan fingerprint density at radius 2 is 1.55 bits per heavy atom. The lowest BCUT2D eigenvalue weighted by atomic mass is 9.34. The molecule has 5 rings (SSSR count). The molecule has 0 unspecified atom stereocenters. The maximum atomic E-state index is 13.9. The van der Waals surface area contributed by atoms with Gasteiger partial charge in [0.05, 0.1) is 7.11 Å². The Balaban J connectivity index is 1.62. The number of methoxy groups -OCH3 is 1. The van der Waals surface area contributed by atoms with Gasteiger partial charge in [0.25, 0.3) is 0 Å². The van der Waals surface area contributed by atoms with Gasteiger partial charge in [0.15, 0.2) is 5.78 Å². The molecular weight excluding hydrogens is 404 g/mol. The zero-order valence-electron chi connectivity index (χ0n) is 22.9. The second-order valence-electron chi connectivity index (χ2n) is 14.9. The predicted octanol–water partition coefficient (Wildman–Crippen LogP) is 8.13. The van der Waals surface area contributed by atoms with Gasteiger partial charge in [-0.15, -0.1) is 0 Å². The van der Waals surface area contributed by atoms with Crippen molar-refractivity contribution in [1.82, 2.24) is 0 Å². The van der Waals surface area contributed by atoms with Gasteiger partial charge in [0.2, 0.25) is 0 Å². The molecule has 0 N–H and O–H groups in total. The molecule has 7 atom stereocenters. The summed E-state index contributed by atoms with van der Waals surface area (Å²) in [6, 6.07) is 0. The minimum Gasteiger partial charge on any atom is -0.500 e. The summed E-state index contributed by atoms with van der Waals surface area (Å²) in [6.45, 7) is 19.7. The van der Waals surface area contributed by atoms with Gasteiger partial charge >= 0.3 is 0 Å². The van der Waals surface area contributed by atoms with E-state index in [2.05, 4.69) is 61.5 Å². The zero-order chi connectivity index (χ0) is 24.2. The summed E-state index contributed by atoms with van der Waals surface area (Å²) >= 11 is 0. The molecule has 0 amide bonds. The quantitative estimate of drug-likeness (QED) is 0.375. The van der Waals surface area contributed by atoms with Crippen LogP contribution in [0, 0.1) is 50.2 Å². The van der Waals surface area contributed by atoms with Crippen molar-refractivity contribution in [1.29, 1.82) is 0 Å². The van der Waals surface area contributed by atoms with E-state index in [4.69, 9.17) is 4.74 Å². The maximum absolute atomic E-state index is 13.9. The minimum atomic E-state index is -0.309. The van der Waals surface area contributed by atoms with Gasteiger partial charge in [-0.1, -0.05) is 67.0 Å². The summed E-state index contributed by atoms with van der Waals surface area (Å²) in [5.41, 5.74) is 2.66. The number of ether oxygens (including phenoxy) is 1. The zero-order valence-corrected chi connectivity index (χ0v) is 22.9. The number of carbonyl (C=O) groups is 1. The largest absolute Gasteiger partial charge is 0.500 e. The van der Waals surface area contributed by atoms with Crippen LogP contribution in [0.25, 0.3) is 0 Å². The molecule has 0 aromatic carbocycles. The Morgan fingerprint density at radius 1 is 0.879 bits per heavy atom. The minimum absolute atomic E-state index is 0.0951. The van der Waals surface area contributed by atoms with E-state index in [9.17, 15) is 4.79 Å². The highest BCUT2D eigenvalue weighted by atomic mass is 16.5. The van der Waals surface area contributed by atoms with E-state index < -0.39 is 0 Å². The van der Waals surface area contributed by atoms with Gasteiger partial charge < -0.3 is 4.74 Å². The monoisotopic (exact) mass is 452 g/mol. The SMILES string of the molecule is COC1=CC(=O)[C@]2(C)[C@@H](CC[C@]3(C)[C@H]2CC=C2[C@H]4CC(C)(C)CC[C@]4(C)CC[C@]23C)C1(C)C. The molecular formula is C31H48O2. The Kier molecular flexibility index (Phi) is 4.87. The molecule has 2 nitrogen and oxygen atoms in total. The van der Waals surface area contributed by atoms with Gasteiger partial charge in [0.1, 0.15) is 5.76 Å². The molecule has 0 heterocycles. The molecule has 0 aliphatic heterocycles. The van der Waals surface area contributed by atoms with Crippen LogP contribution in [-0.4, -0.2) is 12.9 Å². The number of hydrogen-bond donors (Lipinski definition) is 0. The fraction of sp³-hybridized carbons (Fsp3) is 0.839. The van der Waals surface area contributed by atoms with E-state index in [1.165, 1.54) is 38.5 Å². The Labute approximate surface area is 203 Å². The van der Waals surface area contributed by atoms with Crippen molar-refractivity contribution in [2.24, 2.45) is 50.2 Å². The highest BCUT2D eigenvalue weighted by Gasteiger charge is 2.69. The first-order valence-electron chi connectivity index (χ1n) is 13.7. The third-order valence-electron chi connectivity index (χ3n) is 12.7.